The lowest BCUT2D eigenvalue weighted by atomic mass is 9.99. The summed E-state index contributed by atoms with van der Waals surface area (Å²) in [5.74, 6) is -0.0545. The van der Waals surface area contributed by atoms with E-state index in [1.165, 1.54) is 0 Å². The summed E-state index contributed by atoms with van der Waals surface area (Å²) in [5.41, 5.74) is 1.92. The molecule has 2 rings (SSSR count). The Balaban J connectivity index is 2.77. The maximum Gasteiger partial charge on any atom is 0.352 e. The van der Waals surface area contributed by atoms with Crippen molar-refractivity contribution < 1.29 is 14.6 Å². The number of carboxylic acids is 1. The Morgan fingerprint density at radius 1 is 1.41 bits per heavy atom. The molecule has 0 aliphatic carbocycles. The number of aromatic nitrogens is 1. The number of rotatable bonds is 3. The number of nitrogens with one attached hydrogen (secondary N) is 1. The first-order valence-electron chi connectivity index (χ1n) is 5.47. The van der Waals surface area contributed by atoms with Gasteiger partial charge in [0.1, 0.15) is 11.4 Å². The second-order valence-electron chi connectivity index (χ2n) is 4.29. The molecule has 0 spiro atoms. The smallest absolute Gasteiger partial charge is 0.352 e. The average Bonchev–Trinajstić information content (AvgIpc) is 2.66. The third-order valence-corrected chi connectivity index (χ3v) is 2.84. The summed E-state index contributed by atoms with van der Waals surface area (Å²) >= 11 is 0. The molecule has 4 nitrogen and oxygen atoms in total. The molecule has 0 radical (unpaired) electrons. The summed E-state index contributed by atoms with van der Waals surface area (Å²) in [5, 5.41) is 10.1. The molecule has 0 saturated carbocycles. The average molecular weight is 233 g/mol. The molecule has 1 aromatic heterocycles. The number of benzene rings is 1. The number of aromatic amines is 1. The van der Waals surface area contributed by atoms with Gasteiger partial charge in [-0.15, -0.1) is 0 Å². The lowest BCUT2D eigenvalue weighted by Crippen LogP contribution is -2.02. The van der Waals surface area contributed by atoms with Crippen molar-refractivity contribution in [3.63, 3.8) is 0 Å². The van der Waals surface area contributed by atoms with E-state index >= 15 is 0 Å². The Morgan fingerprint density at radius 3 is 2.65 bits per heavy atom. The summed E-state index contributed by atoms with van der Waals surface area (Å²) in [6.07, 6.45) is 0. The number of fused-ring (bicyclic) bond motifs is 1. The van der Waals surface area contributed by atoms with E-state index in [0.717, 1.165) is 22.2 Å². The molecule has 2 aromatic rings. The van der Waals surface area contributed by atoms with Gasteiger partial charge < -0.3 is 14.8 Å². The van der Waals surface area contributed by atoms with Gasteiger partial charge in [0, 0.05) is 10.9 Å². The van der Waals surface area contributed by atoms with Gasteiger partial charge in [-0.05, 0) is 29.7 Å². The van der Waals surface area contributed by atoms with E-state index < -0.39 is 5.97 Å². The topological polar surface area (TPSA) is 62.3 Å². The van der Waals surface area contributed by atoms with Crippen LogP contribution in [0.5, 0.6) is 5.75 Å². The molecule has 90 valence electrons. The van der Waals surface area contributed by atoms with Gasteiger partial charge in [-0.1, -0.05) is 13.8 Å². The van der Waals surface area contributed by atoms with Crippen LogP contribution < -0.4 is 4.74 Å². The molecular formula is C13H15NO3. The van der Waals surface area contributed by atoms with Crippen LogP contribution in [0.4, 0.5) is 0 Å². The van der Waals surface area contributed by atoms with Gasteiger partial charge in [-0.2, -0.15) is 0 Å². The van der Waals surface area contributed by atoms with Crippen LogP contribution in [0, 0.1) is 0 Å². The number of methoxy groups -OCH3 is 1. The van der Waals surface area contributed by atoms with Crippen LogP contribution >= 0.6 is 0 Å². The van der Waals surface area contributed by atoms with Crippen LogP contribution in [0.1, 0.15) is 35.8 Å². The van der Waals surface area contributed by atoms with Crippen LogP contribution in [0.25, 0.3) is 10.9 Å². The third kappa shape index (κ3) is 1.86. The van der Waals surface area contributed by atoms with Crippen molar-refractivity contribution in [3.05, 3.63) is 29.5 Å². The van der Waals surface area contributed by atoms with Crippen molar-refractivity contribution in [1.82, 2.24) is 4.98 Å². The minimum Gasteiger partial charge on any atom is -0.497 e. The fraction of sp³-hybridized carbons (Fsp3) is 0.308. The summed E-state index contributed by atoms with van der Waals surface area (Å²) in [6.45, 7) is 3.96. The largest absolute Gasteiger partial charge is 0.497 e. The van der Waals surface area contributed by atoms with E-state index in [9.17, 15) is 9.90 Å². The quantitative estimate of drug-likeness (QED) is 0.856. The van der Waals surface area contributed by atoms with E-state index in [1.54, 1.807) is 7.11 Å². The molecule has 0 atom stereocenters. The molecule has 1 heterocycles. The van der Waals surface area contributed by atoms with Crippen LogP contribution in [-0.4, -0.2) is 23.2 Å². The van der Waals surface area contributed by atoms with Crippen LogP contribution in [0.3, 0.4) is 0 Å². The van der Waals surface area contributed by atoms with Crippen LogP contribution in [0.15, 0.2) is 18.2 Å². The molecule has 0 aliphatic rings. The molecule has 0 aliphatic heterocycles. The van der Waals surface area contributed by atoms with Crippen molar-refractivity contribution in [2.45, 2.75) is 19.8 Å². The van der Waals surface area contributed by atoms with E-state index in [1.807, 2.05) is 32.0 Å². The summed E-state index contributed by atoms with van der Waals surface area (Å²) in [7, 11) is 1.60. The van der Waals surface area contributed by atoms with Crippen molar-refractivity contribution >= 4 is 16.9 Å². The minimum absolute atomic E-state index is 0.141. The highest BCUT2D eigenvalue weighted by Gasteiger charge is 2.19. The van der Waals surface area contributed by atoms with Gasteiger partial charge in [0.05, 0.1) is 7.11 Å². The number of carboxylic acid groups (broad SMARTS) is 1. The van der Waals surface area contributed by atoms with E-state index in [4.69, 9.17) is 4.74 Å². The normalized spacial score (nSPS) is 11.1. The van der Waals surface area contributed by atoms with Crippen molar-refractivity contribution in [1.29, 1.82) is 0 Å². The molecule has 0 unspecified atom stereocenters. The Kier molecular flexibility index (Phi) is 2.79. The lowest BCUT2D eigenvalue weighted by molar-refractivity contribution is 0.0690. The summed E-state index contributed by atoms with van der Waals surface area (Å²) in [6, 6.07) is 5.52. The molecule has 1 aromatic carbocycles. The maximum atomic E-state index is 11.2. The molecule has 0 amide bonds. The molecule has 2 N–H and O–H groups in total. The second kappa shape index (κ2) is 4.13. The Hall–Kier alpha value is -1.97. The lowest BCUT2D eigenvalue weighted by Gasteiger charge is -2.06. The molecule has 17 heavy (non-hydrogen) atoms. The van der Waals surface area contributed by atoms with E-state index in [0.29, 0.717) is 0 Å². The number of H-pyrrole nitrogens is 1. The predicted octanol–water partition coefficient (Wildman–Crippen LogP) is 3.00. The summed E-state index contributed by atoms with van der Waals surface area (Å²) in [4.78, 5) is 14.1. The number of ether oxygens (including phenoxy) is 1. The SMILES string of the molecule is COc1ccc2[nH]c(C(=O)O)c(C(C)C)c2c1. The van der Waals surface area contributed by atoms with Crippen molar-refractivity contribution in [2.75, 3.05) is 7.11 Å². The first-order valence-corrected chi connectivity index (χ1v) is 5.47. The zero-order valence-electron chi connectivity index (χ0n) is 10.1. The molecule has 0 bridgehead atoms. The second-order valence-corrected chi connectivity index (χ2v) is 4.29. The fourth-order valence-corrected chi connectivity index (χ4v) is 2.09. The molecule has 0 saturated heterocycles. The first kappa shape index (κ1) is 11.5. The van der Waals surface area contributed by atoms with Crippen molar-refractivity contribution in [3.8, 4) is 5.75 Å². The maximum absolute atomic E-state index is 11.2. The van der Waals surface area contributed by atoms with Crippen LogP contribution in [0.2, 0.25) is 0 Å². The Morgan fingerprint density at radius 2 is 2.12 bits per heavy atom. The van der Waals surface area contributed by atoms with Gasteiger partial charge >= 0.3 is 5.97 Å². The number of carbonyl (C=O) groups is 1. The van der Waals surface area contributed by atoms with Gasteiger partial charge in [0.2, 0.25) is 0 Å². The monoisotopic (exact) mass is 233 g/mol. The molecule has 4 heteroatoms. The molecular weight excluding hydrogens is 218 g/mol. The first-order chi connectivity index (χ1) is 8.04. The number of hydrogen-bond acceptors (Lipinski definition) is 2. The minimum atomic E-state index is -0.927. The number of aromatic carboxylic acids is 1. The summed E-state index contributed by atoms with van der Waals surface area (Å²) < 4.78 is 5.17. The van der Waals surface area contributed by atoms with Gasteiger partial charge in [0.25, 0.3) is 0 Å². The highest BCUT2D eigenvalue weighted by molar-refractivity contribution is 5.98. The van der Waals surface area contributed by atoms with Crippen molar-refractivity contribution in [2.24, 2.45) is 0 Å². The van der Waals surface area contributed by atoms with E-state index in [-0.39, 0.29) is 11.6 Å². The third-order valence-electron chi connectivity index (χ3n) is 2.84. The van der Waals surface area contributed by atoms with Crippen LogP contribution in [-0.2, 0) is 0 Å². The van der Waals surface area contributed by atoms with E-state index in [2.05, 4.69) is 4.98 Å². The standard InChI is InChI=1S/C13H15NO3/c1-7(2)11-9-6-8(17-3)4-5-10(9)14-12(11)13(15)16/h4-7,14H,1-3H3,(H,15,16). The zero-order valence-corrected chi connectivity index (χ0v) is 10.1. The fourth-order valence-electron chi connectivity index (χ4n) is 2.09. The predicted molar refractivity (Wildman–Crippen MR) is 65.9 cm³/mol. The zero-order chi connectivity index (χ0) is 12.6. The highest BCUT2D eigenvalue weighted by Crippen LogP contribution is 2.31. The molecule has 0 fully saturated rings. The Bertz CT molecular complexity index is 569. The van der Waals surface area contributed by atoms with Gasteiger partial charge in [-0.3, -0.25) is 0 Å². The Labute approximate surface area is 99.2 Å². The van der Waals surface area contributed by atoms with Gasteiger partial charge in [-0.25, -0.2) is 4.79 Å². The van der Waals surface area contributed by atoms with Gasteiger partial charge in [0.15, 0.2) is 0 Å². The number of hydrogen-bond donors (Lipinski definition) is 2. The highest BCUT2D eigenvalue weighted by atomic mass is 16.5.